The second kappa shape index (κ2) is 8.50. The summed E-state index contributed by atoms with van der Waals surface area (Å²) in [6.07, 6.45) is 0.828. The molecule has 0 aliphatic carbocycles. The second-order valence-corrected chi connectivity index (χ2v) is 8.27. The molecule has 5 heteroatoms. The van der Waals surface area contributed by atoms with Gasteiger partial charge in [-0.15, -0.1) is 0 Å². The first-order valence-electron chi connectivity index (χ1n) is 10.4. The predicted octanol–water partition coefficient (Wildman–Crippen LogP) is 5.70. The zero-order valence-corrected chi connectivity index (χ0v) is 17.8. The van der Waals surface area contributed by atoms with Crippen molar-refractivity contribution >= 4 is 34.1 Å². The summed E-state index contributed by atoms with van der Waals surface area (Å²) in [7, 11) is 0. The first kappa shape index (κ1) is 19.7. The lowest BCUT2D eigenvalue weighted by Gasteiger charge is -2.30. The van der Waals surface area contributed by atoms with Crippen LogP contribution < -0.4 is 5.32 Å². The highest BCUT2D eigenvalue weighted by atomic mass is 35.5. The molecule has 1 amide bonds. The van der Waals surface area contributed by atoms with E-state index in [-0.39, 0.29) is 5.91 Å². The summed E-state index contributed by atoms with van der Waals surface area (Å²) in [4.78, 5) is 20.7. The largest absolute Gasteiger partial charge is 0.322 e. The number of benzene rings is 3. The highest BCUT2D eigenvalue weighted by Crippen LogP contribution is 2.29. The number of nitrogens with zero attached hydrogens (tertiary/aromatic N) is 2. The number of carbonyl (C=O) groups is 1. The maximum Gasteiger partial charge on any atom is 0.256 e. The van der Waals surface area contributed by atoms with Crippen molar-refractivity contribution in [3.8, 4) is 0 Å². The quantitative estimate of drug-likeness (QED) is 0.454. The van der Waals surface area contributed by atoms with Gasteiger partial charge < -0.3 is 5.32 Å². The summed E-state index contributed by atoms with van der Waals surface area (Å²) in [5.74, 6) is -0.112. The Balaban J connectivity index is 1.52. The minimum atomic E-state index is -0.112. The maximum atomic E-state index is 13.5. The van der Waals surface area contributed by atoms with Gasteiger partial charge in [-0.2, -0.15) is 0 Å². The van der Waals surface area contributed by atoms with Crippen LogP contribution in [-0.4, -0.2) is 22.3 Å². The maximum absolute atomic E-state index is 13.5. The smallest absolute Gasteiger partial charge is 0.256 e. The Hall–Kier alpha value is -3.21. The molecule has 154 valence electrons. The van der Waals surface area contributed by atoms with Crippen LogP contribution in [0.3, 0.4) is 0 Å². The SMILES string of the molecule is O=C(Nc1ccc(Cl)cc1)c1c2c(nc3ccccc13)CCN(Cc1ccccc1)C2. The van der Waals surface area contributed by atoms with Crippen molar-refractivity contribution in [2.24, 2.45) is 0 Å². The minimum Gasteiger partial charge on any atom is -0.322 e. The molecule has 0 saturated carbocycles. The predicted molar refractivity (Wildman–Crippen MR) is 125 cm³/mol. The molecule has 1 aromatic heterocycles. The number of amides is 1. The van der Waals surface area contributed by atoms with E-state index in [4.69, 9.17) is 16.6 Å². The molecule has 0 bridgehead atoms. The molecule has 4 aromatic rings. The van der Waals surface area contributed by atoms with E-state index in [1.54, 1.807) is 12.1 Å². The van der Waals surface area contributed by atoms with E-state index in [2.05, 4.69) is 34.5 Å². The fourth-order valence-corrected chi connectivity index (χ4v) is 4.33. The number of pyridine rings is 1. The van der Waals surface area contributed by atoms with E-state index < -0.39 is 0 Å². The normalized spacial score (nSPS) is 13.7. The summed E-state index contributed by atoms with van der Waals surface area (Å²) in [5.41, 5.74) is 5.61. The Bertz CT molecular complexity index is 1240. The standard InChI is InChI=1S/C26H22ClN3O/c27-19-10-12-20(13-11-19)28-26(31)25-21-8-4-5-9-23(21)29-24-14-15-30(17-22(24)25)16-18-6-2-1-3-7-18/h1-13H,14-17H2,(H,28,31). The number of halogens is 1. The molecule has 0 unspecified atom stereocenters. The molecule has 1 N–H and O–H groups in total. The average Bonchev–Trinajstić information content (AvgIpc) is 2.79. The molecule has 2 heterocycles. The van der Waals surface area contributed by atoms with Gasteiger partial charge in [0.2, 0.25) is 0 Å². The van der Waals surface area contributed by atoms with Gasteiger partial charge in [-0.1, -0.05) is 60.1 Å². The van der Waals surface area contributed by atoms with Gasteiger partial charge in [-0.05, 0) is 35.9 Å². The molecule has 4 nitrogen and oxygen atoms in total. The average molecular weight is 428 g/mol. The van der Waals surface area contributed by atoms with Gasteiger partial charge in [-0.3, -0.25) is 14.7 Å². The van der Waals surface area contributed by atoms with E-state index in [0.29, 0.717) is 17.1 Å². The van der Waals surface area contributed by atoms with Gasteiger partial charge in [0.1, 0.15) is 0 Å². The molecule has 0 spiro atoms. The number of hydrogen-bond donors (Lipinski definition) is 1. The van der Waals surface area contributed by atoms with Crippen molar-refractivity contribution in [3.05, 3.63) is 106 Å². The molecular formula is C26H22ClN3O. The Morgan fingerprint density at radius 3 is 2.52 bits per heavy atom. The van der Waals surface area contributed by atoms with Crippen molar-refractivity contribution in [3.63, 3.8) is 0 Å². The zero-order chi connectivity index (χ0) is 21.2. The number of para-hydroxylation sites is 1. The van der Waals surface area contributed by atoms with Crippen LogP contribution in [0.15, 0.2) is 78.9 Å². The first-order chi connectivity index (χ1) is 15.2. The number of hydrogen-bond acceptors (Lipinski definition) is 3. The summed E-state index contributed by atoms with van der Waals surface area (Å²) in [5, 5.41) is 4.57. The van der Waals surface area contributed by atoms with E-state index in [1.807, 2.05) is 42.5 Å². The van der Waals surface area contributed by atoms with Crippen molar-refractivity contribution in [2.75, 3.05) is 11.9 Å². The minimum absolute atomic E-state index is 0.112. The Labute approximate surface area is 186 Å². The second-order valence-electron chi connectivity index (χ2n) is 7.84. The number of aromatic nitrogens is 1. The van der Waals surface area contributed by atoms with Crippen molar-refractivity contribution in [2.45, 2.75) is 19.5 Å². The third kappa shape index (κ3) is 4.18. The van der Waals surface area contributed by atoms with Gasteiger partial charge in [0.05, 0.1) is 11.1 Å². The molecule has 31 heavy (non-hydrogen) atoms. The molecule has 0 fully saturated rings. The van der Waals surface area contributed by atoms with Crippen molar-refractivity contribution in [1.29, 1.82) is 0 Å². The van der Waals surface area contributed by atoms with E-state index >= 15 is 0 Å². The lowest BCUT2D eigenvalue weighted by molar-refractivity contribution is 0.102. The number of carbonyl (C=O) groups excluding carboxylic acids is 1. The third-order valence-electron chi connectivity index (χ3n) is 5.70. The molecule has 5 rings (SSSR count). The molecular weight excluding hydrogens is 406 g/mol. The summed E-state index contributed by atoms with van der Waals surface area (Å²) < 4.78 is 0. The van der Waals surface area contributed by atoms with Crippen LogP contribution in [-0.2, 0) is 19.5 Å². The number of rotatable bonds is 4. The molecule has 0 radical (unpaired) electrons. The van der Waals surface area contributed by atoms with Crippen molar-refractivity contribution in [1.82, 2.24) is 9.88 Å². The lowest BCUT2D eigenvalue weighted by Crippen LogP contribution is -2.32. The lowest BCUT2D eigenvalue weighted by atomic mass is 9.95. The third-order valence-corrected chi connectivity index (χ3v) is 5.96. The number of fused-ring (bicyclic) bond motifs is 2. The van der Waals surface area contributed by atoms with E-state index in [9.17, 15) is 4.79 Å². The van der Waals surface area contributed by atoms with Gasteiger partial charge in [0.15, 0.2) is 0 Å². The number of anilines is 1. The Kier molecular flexibility index (Phi) is 5.41. The topological polar surface area (TPSA) is 45.2 Å². The van der Waals surface area contributed by atoms with Crippen LogP contribution in [0.5, 0.6) is 0 Å². The van der Waals surface area contributed by atoms with E-state index in [1.165, 1.54) is 5.56 Å². The molecule has 1 aliphatic rings. The molecule has 3 aromatic carbocycles. The number of nitrogens with one attached hydrogen (secondary N) is 1. The van der Waals surface area contributed by atoms with Gasteiger partial charge >= 0.3 is 0 Å². The van der Waals surface area contributed by atoms with E-state index in [0.717, 1.165) is 47.4 Å². The fraction of sp³-hybridized carbons (Fsp3) is 0.154. The van der Waals surface area contributed by atoms with Crippen LogP contribution in [0.1, 0.15) is 27.2 Å². The van der Waals surface area contributed by atoms with Gasteiger partial charge in [0, 0.05) is 53.4 Å². The fourth-order valence-electron chi connectivity index (χ4n) is 4.21. The van der Waals surface area contributed by atoms with Gasteiger partial charge in [0.25, 0.3) is 5.91 Å². The van der Waals surface area contributed by atoms with Crippen LogP contribution in [0.4, 0.5) is 5.69 Å². The molecule has 0 atom stereocenters. The van der Waals surface area contributed by atoms with Crippen LogP contribution in [0.2, 0.25) is 5.02 Å². The van der Waals surface area contributed by atoms with Crippen molar-refractivity contribution < 1.29 is 4.79 Å². The summed E-state index contributed by atoms with van der Waals surface area (Å²) in [6.45, 7) is 2.47. The summed E-state index contributed by atoms with van der Waals surface area (Å²) >= 11 is 5.99. The monoisotopic (exact) mass is 427 g/mol. The Morgan fingerprint density at radius 1 is 0.968 bits per heavy atom. The summed E-state index contributed by atoms with van der Waals surface area (Å²) in [6, 6.07) is 25.5. The Morgan fingerprint density at radius 2 is 1.71 bits per heavy atom. The van der Waals surface area contributed by atoms with Crippen LogP contribution in [0, 0.1) is 0 Å². The van der Waals surface area contributed by atoms with Crippen LogP contribution in [0.25, 0.3) is 10.9 Å². The highest BCUT2D eigenvalue weighted by Gasteiger charge is 2.26. The van der Waals surface area contributed by atoms with Crippen LogP contribution >= 0.6 is 11.6 Å². The highest BCUT2D eigenvalue weighted by molar-refractivity contribution is 6.30. The first-order valence-corrected chi connectivity index (χ1v) is 10.8. The van der Waals surface area contributed by atoms with Gasteiger partial charge in [-0.25, -0.2) is 0 Å². The molecule has 0 saturated heterocycles. The zero-order valence-electron chi connectivity index (χ0n) is 17.0. The molecule has 1 aliphatic heterocycles.